The molecule has 1 saturated carbocycles. The van der Waals surface area contributed by atoms with Crippen molar-refractivity contribution in [2.24, 2.45) is 5.73 Å². The third-order valence-corrected chi connectivity index (χ3v) is 6.78. The summed E-state index contributed by atoms with van der Waals surface area (Å²) in [6.07, 6.45) is 22.3. The molecule has 160 valence electrons. The minimum atomic E-state index is 0.0994. The van der Waals surface area contributed by atoms with Gasteiger partial charge in [0.15, 0.2) is 0 Å². The second-order valence-corrected chi connectivity index (χ2v) is 9.12. The standard InChI is InChI=1S/C29H34N2/c1-4-6-7-21(3)24-10-8-22(9-11-24)18-26-13-17-31-28-20-25(12-14-29(30)15-16-29)23(5-2)19-27(26)28/h4,6-10,13,17,19-20H,1,5,11-12,14-16,18,30H2,2-3H3/b7-6-,24-21-. The van der Waals surface area contributed by atoms with Gasteiger partial charge < -0.3 is 5.73 Å². The number of aromatic nitrogens is 1. The lowest BCUT2D eigenvalue weighted by atomic mass is 9.91. The topological polar surface area (TPSA) is 38.9 Å². The summed E-state index contributed by atoms with van der Waals surface area (Å²) >= 11 is 0. The molecule has 0 saturated heterocycles. The molecule has 0 aliphatic heterocycles. The maximum absolute atomic E-state index is 6.34. The highest BCUT2D eigenvalue weighted by Gasteiger charge is 2.37. The Labute approximate surface area is 187 Å². The van der Waals surface area contributed by atoms with Gasteiger partial charge in [0, 0.05) is 17.1 Å². The van der Waals surface area contributed by atoms with Gasteiger partial charge in [-0.15, -0.1) is 0 Å². The van der Waals surface area contributed by atoms with E-state index < -0.39 is 0 Å². The van der Waals surface area contributed by atoms with Gasteiger partial charge in [0.1, 0.15) is 0 Å². The Hall–Kier alpha value is -2.71. The van der Waals surface area contributed by atoms with E-state index in [-0.39, 0.29) is 5.54 Å². The average molecular weight is 411 g/mol. The number of nitrogens with zero attached hydrogens (tertiary/aromatic N) is 1. The Bertz CT molecular complexity index is 1110. The van der Waals surface area contributed by atoms with Crippen molar-refractivity contribution in [3.63, 3.8) is 0 Å². The number of pyridine rings is 1. The molecule has 0 bridgehead atoms. The molecule has 2 heteroatoms. The lowest BCUT2D eigenvalue weighted by Crippen LogP contribution is -2.22. The minimum Gasteiger partial charge on any atom is -0.325 e. The summed E-state index contributed by atoms with van der Waals surface area (Å²) in [5.74, 6) is 0. The van der Waals surface area contributed by atoms with E-state index in [9.17, 15) is 0 Å². The van der Waals surface area contributed by atoms with Crippen LogP contribution in [0.4, 0.5) is 0 Å². The molecule has 2 aromatic rings. The smallest absolute Gasteiger partial charge is 0.0707 e. The van der Waals surface area contributed by atoms with Crippen LogP contribution in [0.25, 0.3) is 10.9 Å². The summed E-state index contributed by atoms with van der Waals surface area (Å²) in [7, 11) is 0. The van der Waals surface area contributed by atoms with Crippen molar-refractivity contribution in [3.05, 3.63) is 101 Å². The Morgan fingerprint density at radius 3 is 2.71 bits per heavy atom. The zero-order valence-corrected chi connectivity index (χ0v) is 19.0. The number of hydrogen-bond acceptors (Lipinski definition) is 2. The number of allylic oxidation sites excluding steroid dienone is 9. The molecule has 0 radical (unpaired) electrons. The summed E-state index contributed by atoms with van der Waals surface area (Å²) in [5, 5.41) is 1.29. The van der Waals surface area contributed by atoms with Gasteiger partial charge in [-0.3, -0.25) is 4.98 Å². The van der Waals surface area contributed by atoms with E-state index in [1.807, 2.05) is 18.3 Å². The number of benzene rings is 1. The van der Waals surface area contributed by atoms with Crippen LogP contribution in [0.5, 0.6) is 0 Å². The Kier molecular flexibility index (Phi) is 6.38. The first-order valence-electron chi connectivity index (χ1n) is 11.6. The molecule has 4 rings (SSSR count). The summed E-state index contributed by atoms with van der Waals surface area (Å²) in [6, 6.07) is 6.87. The fraction of sp³-hybridized carbons (Fsp3) is 0.345. The number of fused-ring (bicyclic) bond motifs is 1. The Morgan fingerprint density at radius 2 is 2.03 bits per heavy atom. The fourth-order valence-electron chi connectivity index (χ4n) is 4.40. The maximum atomic E-state index is 6.34. The van der Waals surface area contributed by atoms with E-state index in [0.717, 1.165) is 37.6 Å². The van der Waals surface area contributed by atoms with Gasteiger partial charge in [-0.2, -0.15) is 0 Å². The van der Waals surface area contributed by atoms with Crippen LogP contribution in [0.1, 0.15) is 56.2 Å². The predicted molar refractivity (Wildman–Crippen MR) is 133 cm³/mol. The number of aryl methyl sites for hydroxylation is 2. The first kappa shape index (κ1) is 21.5. The monoisotopic (exact) mass is 410 g/mol. The molecular formula is C29H34N2. The summed E-state index contributed by atoms with van der Waals surface area (Å²) in [4.78, 5) is 4.70. The molecule has 0 spiro atoms. The van der Waals surface area contributed by atoms with E-state index in [2.05, 4.69) is 62.9 Å². The number of nitrogens with two attached hydrogens (primary N) is 1. The summed E-state index contributed by atoms with van der Waals surface area (Å²) < 4.78 is 0. The van der Waals surface area contributed by atoms with Gasteiger partial charge in [-0.05, 0) is 103 Å². The van der Waals surface area contributed by atoms with Gasteiger partial charge in [0.05, 0.1) is 5.52 Å². The normalized spacial score (nSPS) is 19.0. The van der Waals surface area contributed by atoms with Crippen LogP contribution in [-0.4, -0.2) is 10.5 Å². The van der Waals surface area contributed by atoms with Crippen molar-refractivity contribution >= 4 is 10.9 Å². The lowest BCUT2D eigenvalue weighted by molar-refractivity contribution is 0.607. The molecule has 1 aromatic carbocycles. The molecule has 0 unspecified atom stereocenters. The van der Waals surface area contributed by atoms with Crippen LogP contribution in [0, 0.1) is 0 Å². The molecule has 31 heavy (non-hydrogen) atoms. The molecule has 2 N–H and O–H groups in total. The van der Waals surface area contributed by atoms with Crippen LogP contribution in [0.3, 0.4) is 0 Å². The van der Waals surface area contributed by atoms with Crippen LogP contribution < -0.4 is 5.73 Å². The molecule has 0 amide bonds. The average Bonchev–Trinajstić information content (AvgIpc) is 3.53. The van der Waals surface area contributed by atoms with Crippen LogP contribution in [0.2, 0.25) is 0 Å². The highest BCUT2D eigenvalue weighted by atomic mass is 14.8. The van der Waals surface area contributed by atoms with Gasteiger partial charge in [-0.1, -0.05) is 50.0 Å². The predicted octanol–water partition coefficient (Wildman–Crippen LogP) is 6.71. The van der Waals surface area contributed by atoms with Crippen molar-refractivity contribution in [2.45, 2.75) is 64.3 Å². The molecular weight excluding hydrogens is 376 g/mol. The maximum Gasteiger partial charge on any atom is 0.0707 e. The Balaban J connectivity index is 1.56. The van der Waals surface area contributed by atoms with Crippen LogP contribution in [0.15, 0.2) is 84.2 Å². The van der Waals surface area contributed by atoms with E-state index >= 15 is 0 Å². The van der Waals surface area contributed by atoms with Gasteiger partial charge in [-0.25, -0.2) is 0 Å². The first-order valence-corrected chi connectivity index (χ1v) is 11.6. The molecule has 2 nitrogen and oxygen atoms in total. The van der Waals surface area contributed by atoms with Crippen molar-refractivity contribution in [3.8, 4) is 0 Å². The Morgan fingerprint density at radius 1 is 1.19 bits per heavy atom. The number of hydrogen-bond donors (Lipinski definition) is 1. The molecule has 0 atom stereocenters. The van der Waals surface area contributed by atoms with Crippen molar-refractivity contribution in [1.82, 2.24) is 4.98 Å². The minimum absolute atomic E-state index is 0.0994. The molecule has 1 aromatic heterocycles. The largest absolute Gasteiger partial charge is 0.325 e. The first-order chi connectivity index (χ1) is 15.0. The SMILES string of the molecule is C=C/C=C\C(C)=C1\C=CC(Cc2ccnc3cc(CCC4(N)CC4)c(CC)cc23)=CC1. The number of rotatable bonds is 8. The van der Waals surface area contributed by atoms with Crippen LogP contribution in [-0.2, 0) is 19.3 Å². The quantitative estimate of drug-likeness (QED) is 0.491. The van der Waals surface area contributed by atoms with Crippen molar-refractivity contribution in [2.75, 3.05) is 0 Å². The molecule has 2 aliphatic rings. The highest BCUT2D eigenvalue weighted by molar-refractivity contribution is 5.84. The van der Waals surface area contributed by atoms with Gasteiger partial charge in [0.2, 0.25) is 0 Å². The van der Waals surface area contributed by atoms with E-state index in [0.29, 0.717) is 0 Å². The third-order valence-electron chi connectivity index (χ3n) is 6.78. The molecule has 2 aliphatic carbocycles. The van der Waals surface area contributed by atoms with Crippen LogP contribution >= 0.6 is 0 Å². The zero-order valence-electron chi connectivity index (χ0n) is 19.0. The van der Waals surface area contributed by atoms with E-state index in [1.54, 1.807) is 0 Å². The van der Waals surface area contributed by atoms with Gasteiger partial charge in [0.25, 0.3) is 0 Å². The lowest BCUT2D eigenvalue weighted by Gasteiger charge is -2.16. The zero-order chi connectivity index (χ0) is 21.8. The molecule has 1 fully saturated rings. The van der Waals surface area contributed by atoms with Crippen molar-refractivity contribution < 1.29 is 0 Å². The second-order valence-electron chi connectivity index (χ2n) is 9.12. The van der Waals surface area contributed by atoms with E-state index in [4.69, 9.17) is 10.7 Å². The molecule has 1 heterocycles. The third kappa shape index (κ3) is 5.14. The fourth-order valence-corrected chi connectivity index (χ4v) is 4.40. The van der Waals surface area contributed by atoms with E-state index in [1.165, 1.54) is 51.6 Å². The highest BCUT2D eigenvalue weighted by Crippen LogP contribution is 2.37. The second kappa shape index (κ2) is 9.20. The van der Waals surface area contributed by atoms with Crippen molar-refractivity contribution in [1.29, 1.82) is 0 Å². The summed E-state index contributed by atoms with van der Waals surface area (Å²) in [6.45, 7) is 8.16. The van der Waals surface area contributed by atoms with Gasteiger partial charge >= 0.3 is 0 Å². The summed E-state index contributed by atoms with van der Waals surface area (Å²) in [5.41, 5.74) is 15.8.